The Morgan fingerprint density at radius 3 is 2.50 bits per heavy atom. The molecule has 1 saturated carbocycles. The molecule has 0 spiro atoms. The Bertz CT molecular complexity index is 475. The molecule has 9 heteroatoms. The van der Waals surface area contributed by atoms with Gasteiger partial charge in [0.1, 0.15) is 18.3 Å². The van der Waals surface area contributed by atoms with Crippen molar-refractivity contribution in [2.45, 2.75) is 43.3 Å². The number of amides is 1. The number of aliphatic carboxylic acids is 1. The van der Waals surface area contributed by atoms with E-state index in [9.17, 15) is 24.9 Å². The van der Waals surface area contributed by atoms with Crippen LogP contribution in [-0.2, 0) is 14.3 Å². The molecule has 0 bridgehead atoms. The maximum absolute atomic E-state index is 11.8. The molecule has 5 atom stereocenters. The van der Waals surface area contributed by atoms with Crippen molar-refractivity contribution in [3.8, 4) is 0 Å². The maximum Gasteiger partial charge on any atom is 0.370 e. The highest BCUT2D eigenvalue weighted by Gasteiger charge is 2.44. The summed E-state index contributed by atoms with van der Waals surface area (Å²) in [5.41, 5.74) is 0. The van der Waals surface area contributed by atoms with E-state index in [2.05, 4.69) is 5.32 Å². The van der Waals surface area contributed by atoms with Crippen LogP contribution in [-0.4, -0.2) is 74.5 Å². The molecule has 1 amide bonds. The molecule has 0 aromatic carbocycles. The number of carboxylic acids is 1. The van der Waals surface area contributed by atoms with Gasteiger partial charge in [-0.1, -0.05) is 0 Å². The first-order valence-electron chi connectivity index (χ1n) is 6.92. The zero-order valence-corrected chi connectivity index (χ0v) is 11.6. The van der Waals surface area contributed by atoms with E-state index in [4.69, 9.17) is 14.9 Å². The van der Waals surface area contributed by atoms with Crippen LogP contribution in [0.4, 0.5) is 0 Å². The van der Waals surface area contributed by atoms with Gasteiger partial charge in [-0.25, -0.2) is 4.79 Å². The SMILES string of the molecule is O=C(O)C1=C[C@@H](O)C(NC(=O)C2CC2)C(C(O)C(O)CO)O1. The lowest BCUT2D eigenvalue weighted by atomic mass is 9.93. The van der Waals surface area contributed by atoms with Crippen molar-refractivity contribution in [2.75, 3.05) is 6.61 Å². The minimum atomic E-state index is -1.69. The monoisotopic (exact) mass is 317 g/mol. The summed E-state index contributed by atoms with van der Waals surface area (Å²) in [4.78, 5) is 22.8. The molecule has 0 aromatic heterocycles. The molecule has 1 heterocycles. The van der Waals surface area contributed by atoms with Gasteiger partial charge in [0.15, 0.2) is 6.10 Å². The van der Waals surface area contributed by atoms with E-state index >= 15 is 0 Å². The van der Waals surface area contributed by atoms with Crippen molar-refractivity contribution in [2.24, 2.45) is 5.92 Å². The van der Waals surface area contributed by atoms with Crippen LogP contribution in [0, 0.1) is 5.92 Å². The van der Waals surface area contributed by atoms with E-state index in [0.29, 0.717) is 0 Å². The standard InChI is InChI=1S/C13H19NO8/c15-4-7(17)10(18)11-9(14-12(19)5-1-2-5)6(16)3-8(22-11)13(20)21/h3,5-7,9-11,15-18H,1-2,4H2,(H,14,19)(H,20,21)/t6-,7?,9?,10?,11?/m1/s1. The van der Waals surface area contributed by atoms with Crippen LogP contribution in [0.15, 0.2) is 11.8 Å². The number of aliphatic hydroxyl groups excluding tert-OH is 4. The summed E-state index contributed by atoms with van der Waals surface area (Å²) in [5.74, 6) is -2.56. The second-order valence-corrected chi connectivity index (χ2v) is 5.46. The van der Waals surface area contributed by atoms with Crippen LogP contribution in [0.5, 0.6) is 0 Å². The van der Waals surface area contributed by atoms with E-state index in [1.54, 1.807) is 0 Å². The number of rotatable bonds is 6. The van der Waals surface area contributed by atoms with E-state index in [1.165, 1.54) is 0 Å². The van der Waals surface area contributed by atoms with Gasteiger partial charge < -0.3 is 35.6 Å². The van der Waals surface area contributed by atoms with Crippen LogP contribution in [0.1, 0.15) is 12.8 Å². The number of hydrogen-bond donors (Lipinski definition) is 6. The molecule has 0 radical (unpaired) electrons. The highest BCUT2D eigenvalue weighted by molar-refractivity contribution is 5.85. The Labute approximate surface area is 125 Å². The maximum atomic E-state index is 11.8. The van der Waals surface area contributed by atoms with E-state index in [1.807, 2.05) is 0 Å². The Hall–Kier alpha value is -1.68. The van der Waals surface area contributed by atoms with Gasteiger partial charge in [-0.05, 0) is 18.9 Å². The number of hydrogen-bond acceptors (Lipinski definition) is 7. The lowest BCUT2D eigenvalue weighted by molar-refractivity contribution is -0.149. The molecule has 2 aliphatic rings. The van der Waals surface area contributed by atoms with Gasteiger partial charge >= 0.3 is 5.97 Å². The number of carbonyl (C=O) groups is 2. The fraction of sp³-hybridized carbons (Fsp3) is 0.692. The summed E-state index contributed by atoms with van der Waals surface area (Å²) in [6.45, 7) is -0.785. The highest BCUT2D eigenvalue weighted by Crippen LogP contribution is 2.30. The predicted octanol–water partition coefficient (Wildman–Crippen LogP) is -2.68. The molecule has 124 valence electrons. The van der Waals surface area contributed by atoms with Crippen molar-refractivity contribution >= 4 is 11.9 Å². The molecule has 1 fully saturated rings. The lowest BCUT2D eigenvalue weighted by Gasteiger charge is -2.38. The molecule has 0 aromatic rings. The summed E-state index contributed by atoms with van der Waals surface area (Å²) in [6, 6.07) is -1.13. The van der Waals surface area contributed by atoms with Crippen molar-refractivity contribution < 1.29 is 39.9 Å². The van der Waals surface area contributed by atoms with E-state index < -0.39 is 48.8 Å². The van der Waals surface area contributed by atoms with Crippen molar-refractivity contribution in [1.82, 2.24) is 5.32 Å². The van der Waals surface area contributed by atoms with Crippen LogP contribution in [0.25, 0.3) is 0 Å². The van der Waals surface area contributed by atoms with Gasteiger partial charge in [0.25, 0.3) is 0 Å². The minimum absolute atomic E-state index is 0.169. The molecule has 0 saturated heterocycles. The number of carbonyl (C=O) groups excluding carboxylic acids is 1. The van der Waals surface area contributed by atoms with E-state index in [0.717, 1.165) is 18.9 Å². The van der Waals surface area contributed by atoms with Crippen LogP contribution < -0.4 is 5.32 Å². The Morgan fingerprint density at radius 1 is 1.36 bits per heavy atom. The van der Waals surface area contributed by atoms with Crippen LogP contribution in [0.3, 0.4) is 0 Å². The first-order valence-corrected chi connectivity index (χ1v) is 6.92. The van der Waals surface area contributed by atoms with Crippen molar-refractivity contribution in [3.63, 3.8) is 0 Å². The molecular weight excluding hydrogens is 298 g/mol. The molecule has 2 rings (SSSR count). The average molecular weight is 317 g/mol. The smallest absolute Gasteiger partial charge is 0.370 e. The second kappa shape index (κ2) is 6.61. The summed E-state index contributed by atoms with van der Waals surface area (Å²) in [7, 11) is 0. The predicted molar refractivity (Wildman–Crippen MR) is 70.4 cm³/mol. The van der Waals surface area contributed by atoms with Gasteiger partial charge in [-0.15, -0.1) is 0 Å². The molecule has 9 nitrogen and oxygen atoms in total. The summed E-state index contributed by atoms with van der Waals surface area (Å²) >= 11 is 0. The van der Waals surface area contributed by atoms with Crippen LogP contribution in [0.2, 0.25) is 0 Å². The van der Waals surface area contributed by atoms with Crippen LogP contribution >= 0.6 is 0 Å². The minimum Gasteiger partial charge on any atom is -0.478 e. The molecule has 4 unspecified atom stereocenters. The van der Waals surface area contributed by atoms with Gasteiger partial charge in [0.2, 0.25) is 11.7 Å². The Morgan fingerprint density at radius 2 is 2.00 bits per heavy atom. The normalized spacial score (nSPS) is 30.7. The molecule has 1 aliphatic heterocycles. The molecule has 22 heavy (non-hydrogen) atoms. The van der Waals surface area contributed by atoms with Gasteiger partial charge in [0.05, 0.1) is 12.6 Å². The van der Waals surface area contributed by atoms with Crippen molar-refractivity contribution in [3.05, 3.63) is 11.8 Å². The first kappa shape index (κ1) is 16.7. The Kier molecular flexibility index (Phi) is 5.01. The highest BCUT2D eigenvalue weighted by atomic mass is 16.5. The third-order valence-corrected chi connectivity index (χ3v) is 3.69. The number of carboxylic acid groups (broad SMARTS) is 1. The summed E-state index contributed by atoms with van der Waals surface area (Å²) in [5, 5.41) is 49.9. The molecular formula is C13H19NO8. The fourth-order valence-corrected chi connectivity index (χ4v) is 2.24. The summed E-state index contributed by atoms with van der Waals surface area (Å²) < 4.78 is 5.08. The van der Waals surface area contributed by atoms with E-state index in [-0.39, 0.29) is 11.8 Å². The van der Waals surface area contributed by atoms with Gasteiger partial charge in [-0.3, -0.25) is 4.79 Å². The van der Waals surface area contributed by atoms with Crippen molar-refractivity contribution in [1.29, 1.82) is 0 Å². The topological polar surface area (TPSA) is 157 Å². The fourth-order valence-electron chi connectivity index (χ4n) is 2.24. The average Bonchev–Trinajstić information content (AvgIpc) is 3.31. The zero-order chi connectivity index (χ0) is 16.4. The largest absolute Gasteiger partial charge is 0.478 e. The zero-order valence-electron chi connectivity index (χ0n) is 11.6. The van der Waals surface area contributed by atoms with Gasteiger partial charge in [0, 0.05) is 5.92 Å². The van der Waals surface area contributed by atoms with Gasteiger partial charge in [-0.2, -0.15) is 0 Å². The molecule has 1 aliphatic carbocycles. The second-order valence-electron chi connectivity index (χ2n) is 5.46. The first-order chi connectivity index (χ1) is 10.3. The number of aliphatic hydroxyl groups is 4. The third-order valence-electron chi connectivity index (χ3n) is 3.69. The quantitative estimate of drug-likeness (QED) is 0.309. The summed E-state index contributed by atoms with van der Waals surface area (Å²) in [6.07, 6.45) is -3.76. The lowest BCUT2D eigenvalue weighted by Crippen LogP contribution is -2.60. The third kappa shape index (κ3) is 3.55. The Balaban J connectivity index is 2.20. The number of ether oxygens (including phenoxy) is 1. The molecule has 6 N–H and O–H groups in total. The number of nitrogens with one attached hydrogen (secondary N) is 1.